The van der Waals surface area contributed by atoms with E-state index in [1.807, 2.05) is 14.2 Å². The van der Waals surface area contributed by atoms with Gasteiger partial charge >= 0.3 is 0 Å². The van der Waals surface area contributed by atoms with Gasteiger partial charge in [0, 0.05) is 12.8 Å². The summed E-state index contributed by atoms with van der Waals surface area (Å²) in [4.78, 5) is 0. The normalized spacial score (nSPS) is 22.5. The maximum absolute atomic E-state index is 10.1. The predicted molar refractivity (Wildman–Crippen MR) is 222 cm³/mol. The Morgan fingerprint density at radius 2 is 0.732 bits per heavy atom. The molecule has 4 aromatic rings. The first-order valence-corrected chi connectivity index (χ1v) is 21.7. The minimum atomic E-state index is -0.0220. The Balaban J connectivity index is 1.35. The lowest BCUT2D eigenvalue weighted by Gasteiger charge is -2.41. The van der Waals surface area contributed by atoms with E-state index in [0.717, 1.165) is 100 Å². The first kappa shape index (κ1) is 37.6. The summed E-state index contributed by atoms with van der Waals surface area (Å²) in [6.07, 6.45) is 16.9. The molecule has 2 saturated carbocycles. The van der Waals surface area contributed by atoms with Gasteiger partial charge in [-0.3, -0.25) is 0 Å². The van der Waals surface area contributed by atoms with Gasteiger partial charge in [0.15, 0.2) is 0 Å². The topological polar surface area (TPSA) is 77.4 Å². The highest BCUT2D eigenvalue weighted by molar-refractivity contribution is 5.59. The maximum Gasteiger partial charge on any atom is 0.126 e. The number of aryl methyl sites for hydroxylation is 4. The molecule has 9 rings (SSSR count). The molecule has 0 saturated heterocycles. The third kappa shape index (κ3) is 7.10. The van der Waals surface area contributed by atoms with Crippen molar-refractivity contribution < 1.29 is 29.2 Å². The fourth-order valence-electron chi connectivity index (χ4n) is 11.0. The number of hydrogen-bond donors (Lipinski definition) is 2. The first-order valence-electron chi connectivity index (χ1n) is 21.7. The summed E-state index contributed by atoms with van der Waals surface area (Å²) in [6, 6.07) is 19.5. The zero-order valence-electron chi connectivity index (χ0n) is 33.6. The van der Waals surface area contributed by atoms with E-state index in [1.165, 1.54) is 79.6 Å². The second-order valence-electron chi connectivity index (χ2n) is 17.3. The lowest BCUT2D eigenvalue weighted by Crippen LogP contribution is -2.25. The van der Waals surface area contributed by atoms with Crippen molar-refractivity contribution >= 4 is 0 Å². The van der Waals surface area contributed by atoms with Crippen molar-refractivity contribution in [3.8, 4) is 23.0 Å². The first-order chi connectivity index (χ1) is 27.6. The quantitative estimate of drug-likeness (QED) is 0.187. The van der Waals surface area contributed by atoms with Gasteiger partial charge in [0.2, 0.25) is 0 Å². The van der Waals surface area contributed by atoms with Crippen LogP contribution in [0.5, 0.6) is 23.0 Å². The Kier molecular flexibility index (Phi) is 11.0. The molecule has 296 valence electrons. The summed E-state index contributed by atoms with van der Waals surface area (Å²) in [5, 5.41) is 20.2. The number of aliphatic hydroxyl groups is 2. The van der Waals surface area contributed by atoms with Crippen molar-refractivity contribution in [2.24, 2.45) is 0 Å². The SMILES string of the molecule is COc1c2cc3cc1[C@H]1CC[C@H]1c1cc(cc(c1OCCO)Cc1cc4cc(c1OC)[C@H]1CC[C@H]1c1cc(cc(c1OCCO)C2)CCCCC4)CCCCC3. The molecule has 0 aliphatic heterocycles. The van der Waals surface area contributed by atoms with Crippen LogP contribution in [-0.4, -0.2) is 50.9 Å². The molecular formula is C50H60O6. The van der Waals surface area contributed by atoms with Gasteiger partial charge in [-0.05, 0) is 167 Å². The Hall–Kier alpha value is -4.00. The molecule has 0 amide bonds. The Labute approximate surface area is 333 Å². The van der Waals surface area contributed by atoms with Gasteiger partial charge < -0.3 is 29.2 Å². The predicted octanol–water partition coefficient (Wildman–Crippen LogP) is 9.80. The molecule has 12 bridgehead atoms. The summed E-state index contributed by atoms with van der Waals surface area (Å²) >= 11 is 0. The smallest absolute Gasteiger partial charge is 0.126 e. The number of ether oxygens (including phenoxy) is 4. The molecule has 0 spiro atoms. The van der Waals surface area contributed by atoms with Crippen molar-refractivity contribution in [1.29, 1.82) is 0 Å². The van der Waals surface area contributed by atoms with Crippen molar-refractivity contribution in [2.75, 3.05) is 40.6 Å². The molecule has 0 aromatic heterocycles. The van der Waals surface area contributed by atoms with Crippen molar-refractivity contribution in [1.82, 2.24) is 0 Å². The van der Waals surface area contributed by atoms with Crippen LogP contribution in [-0.2, 0) is 38.5 Å². The Bertz CT molecular complexity index is 1920. The summed E-state index contributed by atoms with van der Waals surface area (Å²) in [6.45, 7) is 0.496. The van der Waals surface area contributed by atoms with Gasteiger partial charge in [0.1, 0.15) is 36.2 Å². The van der Waals surface area contributed by atoms with E-state index in [9.17, 15) is 10.2 Å². The summed E-state index contributed by atoms with van der Waals surface area (Å²) < 4.78 is 26.4. The zero-order valence-corrected chi connectivity index (χ0v) is 33.6. The van der Waals surface area contributed by atoms with Crippen LogP contribution in [0.4, 0.5) is 0 Å². The van der Waals surface area contributed by atoms with Gasteiger partial charge in [-0.25, -0.2) is 0 Å². The third-order valence-corrected chi connectivity index (χ3v) is 13.9. The molecule has 56 heavy (non-hydrogen) atoms. The van der Waals surface area contributed by atoms with Gasteiger partial charge in [-0.2, -0.15) is 0 Å². The van der Waals surface area contributed by atoms with Crippen molar-refractivity contribution in [3.63, 3.8) is 0 Å². The summed E-state index contributed by atoms with van der Waals surface area (Å²) in [5.41, 5.74) is 15.6. The lowest BCUT2D eigenvalue weighted by molar-refractivity contribution is 0.196. The molecule has 0 heterocycles. The number of hydrogen-bond acceptors (Lipinski definition) is 6. The van der Waals surface area contributed by atoms with Crippen molar-refractivity contribution in [2.45, 2.75) is 126 Å². The van der Waals surface area contributed by atoms with Crippen molar-refractivity contribution in [3.05, 3.63) is 115 Å². The van der Waals surface area contributed by atoms with Gasteiger partial charge in [-0.15, -0.1) is 0 Å². The van der Waals surface area contributed by atoms with E-state index >= 15 is 0 Å². The molecule has 5 aliphatic carbocycles. The van der Waals surface area contributed by atoms with E-state index in [2.05, 4.69) is 48.5 Å². The van der Waals surface area contributed by atoms with Crippen LogP contribution in [0.25, 0.3) is 0 Å². The van der Waals surface area contributed by atoms with E-state index in [1.54, 1.807) is 0 Å². The molecule has 0 unspecified atom stereocenters. The van der Waals surface area contributed by atoms with Gasteiger partial charge in [0.25, 0.3) is 0 Å². The van der Waals surface area contributed by atoms with Crippen LogP contribution in [0.2, 0.25) is 0 Å². The van der Waals surface area contributed by atoms with E-state index < -0.39 is 0 Å². The average Bonchev–Trinajstić information content (AvgIpc) is 3.16. The fraction of sp³-hybridized carbons (Fsp3) is 0.520. The highest BCUT2D eigenvalue weighted by atomic mass is 16.5. The second-order valence-corrected chi connectivity index (χ2v) is 17.3. The molecular weight excluding hydrogens is 697 g/mol. The fourth-order valence-corrected chi connectivity index (χ4v) is 11.0. The monoisotopic (exact) mass is 756 g/mol. The number of rotatable bonds is 8. The van der Waals surface area contributed by atoms with E-state index in [4.69, 9.17) is 18.9 Å². The average molecular weight is 757 g/mol. The minimum absolute atomic E-state index is 0.0220. The van der Waals surface area contributed by atoms with Crippen LogP contribution >= 0.6 is 0 Å². The Morgan fingerprint density at radius 3 is 1.02 bits per heavy atom. The standard InChI is InChI=1S/C50H60O6/c1-53-47-35-21-31-9-5-3-7-12-34-24-38(50(56-20-18-52)45(27-34)41-15-13-39(41)43(47)25-31)30-36-22-32-10-6-4-8-11-33-23-37(29-35)49(55-19-17-51)46(28-33)42-16-14-40(42)44(26-32)48(36)54-2/h21-28,39-42,51-52H,3-20,29-30H2,1-2H3/t39-,40-,41+,42+/m0/s1. The highest BCUT2D eigenvalue weighted by Gasteiger charge is 2.41. The molecule has 2 fully saturated rings. The van der Waals surface area contributed by atoms with Crippen LogP contribution in [0.15, 0.2) is 48.5 Å². The number of methoxy groups -OCH3 is 2. The van der Waals surface area contributed by atoms with E-state index in [-0.39, 0.29) is 38.3 Å². The van der Waals surface area contributed by atoms with Gasteiger partial charge in [0.05, 0.1) is 27.4 Å². The Morgan fingerprint density at radius 1 is 0.429 bits per heavy atom. The van der Waals surface area contributed by atoms with Crippen LogP contribution in [0.1, 0.15) is 155 Å². The van der Waals surface area contributed by atoms with Crippen LogP contribution < -0.4 is 18.9 Å². The molecule has 6 heteroatoms. The molecule has 2 N–H and O–H groups in total. The minimum Gasteiger partial charge on any atom is -0.496 e. The second kappa shape index (κ2) is 16.5. The third-order valence-electron chi connectivity index (χ3n) is 13.9. The number of fused-ring (bicyclic) bond motifs is 8. The summed E-state index contributed by atoms with van der Waals surface area (Å²) in [5.74, 6) is 5.09. The number of benzene rings is 4. The molecule has 5 aliphatic rings. The van der Waals surface area contributed by atoms with Gasteiger partial charge in [-0.1, -0.05) is 61.4 Å². The summed E-state index contributed by atoms with van der Waals surface area (Å²) in [7, 11) is 3.70. The van der Waals surface area contributed by atoms with Crippen LogP contribution in [0, 0.1) is 0 Å². The number of aliphatic hydroxyl groups excluding tert-OH is 2. The molecule has 0 radical (unpaired) electrons. The maximum atomic E-state index is 10.1. The largest absolute Gasteiger partial charge is 0.496 e. The molecule has 4 atom stereocenters. The molecule has 6 nitrogen and oxygen atoms in total. The zero-order chi connectivity index (χ0) is 38.2. The highest BCUT2D eigenvalue weighted by Crippen LogP contribution is 2.58. The van der Waals surface area contributed by atoms with E-state index in [0.29, 0.717) is 24.7 Å². The van der Waals surface area contributed by atoms with Crippen LogP contribution in [0.3, 0.4) is 0 Å². The lowest BCUT2D eigenvalue weighted by atomic mass is 9.64. The molecule has 4 aromatic carbocycles.